The average Bonchev–Trinajstić information content (AvgIpc) is 3.10. The molecule has 0 unspecified atom stereocenters. The minimum atomic E-state index is -1.02. The van der Waals surface area contributed by atoms with Crippen LogP contribution in [-0.2, 0) is 12.8 Å². The third kappa shape index (κ3) is 1.84. The number of fused-ring (bicyclic) bond motifs is 3. The van der Waals surface area contributed by atoms with Crippen LogP contribution in [-0.4, -0.2) is 31.1 Å². The molecule has 0 radical (unpaired) electrons. The quantitative estimate of drug-likeness (QED) is 0.761. The first kappa shape index (κ1) is 13.1. The number of carboxylic acid groups (broad SMARTS) is 1. The molecule has 0 spiro atoms. The average molecular weight is 315 g/mol. The molecule has 0 saturated heterocycles. The van der Waals surface area contributed by atoms with E-state index in [9.17, 15) is 9.90 Å². The zero-order valence-corrected chi connectivity index (χ0v) is 12.1. The summed E-state index contributed by atoms with van der Waals surface area (Å²) in [4.78, 5) is 11.5. The summed E-state index contributed by atoms with van der Waals surface area (Å²) in [5.41, 5.74) is 4.21. The second kappa shape index (κ2) is 4.71. The van der Waals surface area contributed by atoms with Crippen LogP contribution < -0.4 is 0 Å². The second-order valence-corrected chi connectivity index (χ2v) is 5.57. The standard InChI is InChI=1S/C15H11ClN4O2/c16-8-2-1-3-9(6-8)20-14-10(13(19-20)15(21)22)4-5-12-11(14)7-17-18-12/h1-3,6-7H,4-5H2,(H,17,18)(H,21,22). The van der Waals surface area contributed by atoms with Crippen LogP contribution in [0.2, 0.25) is 5.02 Å². The smallest absolute Gasteiger partial charge is 0.356 e. The minimum absolute atomic E-state index is 0.0850. The van der Waals surface area contributed by atoms with E-state index in [1.54, 1.807) is 23.0 Å². The van der Waals surface area contributed by atoms with Gasteiger partial charge in [-0.3, -0.25) is 5.10 Å². The molecule has 1 aliphatic carbocycles. The Bertz CT molecular complexity index is 897. The zero-order valence-electron chi connectivity index (χ0n) is 11.4. The van der Waals surface area contributed by atoms with Crippen LogP contribution in [0.5, 0.6) is 0 Å². The van der Waals surface area contributed by atoms with Crippen molar-refractivity contribution in [2.24, 2.45) is 0 Å². The van der Waals surface area contributed by atoms with Gasteiger partial charge in [-0.15, -0.1) is 0 Å². The van der Waals surface area contributed by atoms with Crippen LogP contribution in [0.15, 0.2) is 30.5 Å². The van der Waals surface area contributed by atoms with Gasteiger partial charge >= 0.3 is 5.97 Å². The van der Waals surface area contributed by atoms with Crippen LogP contribution in [0.3, 0.4) is 0 Å². The van der Waals surface area contributed by atoms with E-state index in [2.05, 4.69) is 15.3 Å². The van der Waals surface area contributed by atoms with Gasteiger partial charge < -0.3 is 5.11 Å². The Kier molecular flexibility index (Phi) is 2.80. The molecule has 4 rings (SSSR count). The van der Waals surface area contributed by atoms with E-state index in [-0.39, 0.29) is 5.69 Å². The third-order valence-corrected chi connectivity index (χ3v) is 4.07. The molecular weight excluding hydrogens is 304 g/mol. The lowest BCUT2D eigenvalue weighted by Crippen LogP contribution is -2.07. The highest BCUT2D eigenvalue weighted by molar-refractivity contribution is 6.30. The Hall–Kier alpha value is -2.60. The lowest BCUT2D eigenvalue weighted by atomic mass is 9.94. The summed E-state index contributed by atoms with van der Waals surface area (Å²) in [6.07, 6.45) is 3.05. The Morgan fingerprint density at radius 1 is 1.36 bits per heavy atom. The number of carboxylic acids is 1. The second-order valence-electron chi connectivity index (χ2n) is 5.13. The minimum Gasteiger partial charge on any atom is -0.476 e. The zero-order chi connectivity index (χ0) is 15.3. The number of hydrogen-bond donors (Lipinski definition) is 2. The normalized spacial score (nSPS) is 12.8. The van der Waals surface area contributed by atoms with Crippen LogP contribution in [0.25, 0.3) is 16.9 Å². The summed E-state index contributed by atoms with van der Waals surface area (Å²) in [6.45, 7) is 0. The highest BCUT2D eigenvalue weighted by Crippen LogP contribution is 2.36. The lowest BCUT2D eigenvalue weighted by Gasteiger charge is -2.14. The van der Waals surface area contributed by atoms with Gasteiger partial charge in [0, 0.05) is 21.8 Å². The molecule has 0 saturated carbocycles. The van der Waals surface area contributed by atoms with E-state index >= 15 is 0 Å². The number of aryl methyl sites for hydroxylation is 1. The van der Waals surface area contributed by atoms with Gasteiger partial charge in [-0.1, -0.05) is 17.7 Å². The molecular formula is C15H11ClN4O2. The Morgan fingerprint density at radius 2 is 2.23 bits per heavy atom. The van der Waals surface area contributed by atoms with E-state index in [4.69, 9.17) is 11.6 Å². The molecule has 0 aliphatic heterocycles. The monoisotopic (exact) mass is 314 g/mol. The number of aromatic carboxylic acids is 1. The molecule has 1 aliphatic rings. The van der Waals surface area contributed by atoms with Crippen molar-refractivity contribution < 1.29 is 9.90 Å². The van der Waals surface area contributed by atoms with Gasteiger partial charge in [-0.25, -0.2) is 9.48 Å². The number of aromatic nitrogens is 4. The van der Waals surface area contributed by atoms with E-state index in [1.807, 2.05) is 12.1 Å². The largest absolute Gasteiger partial charge is 0.476 e. The van der Waals surface area contributed by atoms with Crippen LogP contribution in [0.1, 0.15) is 21.7 Å². The van der Waals surface area contributed by atoms with Crippen molar-refractivity contribution in [2.75, 3.05) is 0 Å². The molecule has 0 bridgehead atoms. The number of nitrogens with zero attached hydrogens (tertiary/aromatic N) is 3. The number of benzene rings is 1. The van der Waals surface area contributed by atoms with E-state index < -0.39 is 5.97 Å². The summed E-state index contributed by atoms with van der Waals surface area (Å²) < 4.78 is 1.64. The number of H-pyrrole nitrogens is 1. The van der Waals surface area contributed by atoms with Gasteiger partial charge in [0.05, 0.1) is 17.6 Å². The summed E-state index contributed by atoms with van der Waals surface area (Å²) in [5, 5.41) is 21.3. The molecule has 2 heterocycles. The molecule has 7 heteroatoms. The van der Waals surface area contributed by atoms with Crippen LogP contribution in [0, 0.1) is 0 Å². The van der Waals surface area contributed by atoms with E-state index in [1.165, 1.54) is 0 Å². The maximum atomic E-state index is 11.5. The molecule has 0 fully saturated rings. The molecule has 1 aromatic carbocycles. The lowest BCUT2D eigenvalue weighted by molar-refractivity contribution is 0.0689. The SMILES string of the molecule is O=C(O)c1nn(-c2cccc(Cl)c2)c2c1CCc1[nH]ncc1-2. The Morgan fingerprint density at radius 3 is 3.00 bits per heavy atom. The van der Waals surface area contributed by atoms with Crippen LogP contribution >= 0.6 is 11.6 Å². The molecule has 110 valence electrons. The van der Waals surface area contributed by atoms with Gasteiger partial charge in [0.1, 0.15) is 0 Å². The van der Waals surface area contributed by atoms with Crippen molar-refractivity contribution in [2.45, 2.75) is 12.8 Å². The van der Waals surface area contributed by atoms with Gasteiger partial charge in [0.15, 0.2) is 5.69 Å². The fourth-order valence-electron chi connectivity index (χ4n) is 2.89. The highest BCUT2D eigenvalue weighted by Gasteiger charge is 2.29. The summed E-state index contributed by atoms with van der Waals surface area (Å²) in [7, 11) is 0. The first-order chi connectivity index (χ1) is 10.6. The molecule has 2 N–H and O–H groups in total. The van der Waals surface area contributed by atoms with Gasteiger partial charge in [0.25, 0.3) is 0 Å². The van der Waals surface area contributed by atoms with Gasteiger partial charge in [-0.2, -0.15) is 10.2 Å². The summed E-state index contributed by atoms with van der Waals surface area (Å²) in [5.74, 6) is -1.02. The maximum Gasteiger partial charge on any atom is 0.356 e. The van der Waals surface area contributed by atoms with Gasteiger partial charge in [-0.05, 0) is 31.0 Å². The highest BCUT2D eigenvalue weighted by atomic mass is 35.5. The maximum absolute atomic E-state index is 11.5. The van der Waals surface area contributed by atoms with Crippen molar-refractivity contribution in [3.8, 4) is 16.9 Å². The predicted molar refractivity (Wildman–Crippen MR) is 80.5 cm³/mol. The fraction of sp³-hybridized carbons (Fsp3) is 0.133. The van der Waals surface area contributed by atoms with Crippen molar-refractivity contribution >= 4 is 17.6 Å². The predicted octanol–water partition coefficient (Wildman–Crippen LogP) is 2.71. The van der Waals surface area contributed by atoms with E-state index in [0.29, 0.717) is 11.4 Å². The first-order valence-corrected chi connectivity index (χ1v) is 7.16. The number of rotatable bonds is 2. The van der Waals surface area contributed by atoms with Gasteiger partial charge in [0.2, 0.25) is 0 Å². The molecule has 22 heavy (non-hydrogen) atoms. The number of nitrogens with one attached hydrogen (secondary N) is 1. The molecule has 0 amide bonds. The molecule has 0 atom stereocenters. The molecule has 2 aromatic heterocycles. The number of aromatic amines is 1. The first-order valence-electron chi connectivity index (χ1n) is 6.79. The van der Waals surface area contributed by atoms with Crippen molar-refractivity contribution in [1.82, 2.24) is 20.0 Å². The number of hydrogen-bond acceptors (Lipinski definition) is 3. The topological polar surface area (TPSA) is 83.8 Å². The van der Waals surface area contributed by atoms with E-state index in [0.717, 1.165) is 34.6 Å². The third-order valence-electron chi connectivity index (χ3n) is 3.84. The fourth-order valence-corrected chi connectivity index (χ4v) is 3.07. The molecule has 6 nitrogen and oxygen atoms in total. The number of halogens is 1. The van der Waals surface area contributed by atoms with Crippen molar-refractivity contribution in [1.29, 1.82) is 0 Å². The Balaban J connectivity index is 2.03. The van der Waals surface area contributed by atoms with Crippen molar-refractivity contribution in [3.05, 3.63) is 52.4 Å². The van der Waals surface area contributed by atoms with Crippen LogP contribution in [0.4, 0.5) is 0 Å². The summed E-state index contributed by atoms with van der Waals surface area (Å²) >= 11 is 6.05. The summed E-state index contributed by atoms with van der Waals surface area (Å²) in [6, 6.07) is 7.18. The molecule has 3 aromatic rings. The Labute approximate surface area is 130 Å². The van der Waals surface area contributed by atoms with Crippen molar-refractivity contribution in [3.63, 3.8) is 0 Å². The number of carbonyl (C=O) groups is 1.